The van der Waals surface area contributed by atoms with Crippen LogP contribution in [0.1, 0.15) is 33.4 Å². The average Bonchev–Trinajstić information content (AvgIpc) is 3.32. The van der Waals surface area contributed by atoms with Gasteiger partial charge in [-0.2, -0.15) is 0 Å². The van der Waals surface area contributed by atoms with Gasteiger partial charge in [0.05, 0.1) is 66.0 Å². The van der Waals surface area contributed by atoms with E-state index in [4.69, 9.17) is 0 Å². The van der Waals surface area contributed by atoms with Crippen molar-refractivity contribution in [2.45, 2.75) is 70.9 Å². The molecule has 11 heteroatoms. The maximum atomic E-state index is 13.2. The molecule has 1 unspecified atom stereocenters. The Bertz CT molecular complexity index is 2600. The number of nitrogens with one attached hydrogen (secondary N) is 1. The maximum Gasteiger partial charge on any atom is 0.0960 e. The van der Waals surface area contributed by atoms with Crippen molar-refractivity contribution in [1.82, 2.24) is 10.2 Å². The summed E-state index contributed by atoms with van der Waals surface area (Å²) in [5.41, 5.74) is 11.3. The molecular formula is C56H70N6O2S3. The minimum atomic E-state index is -1.14. The Morgan fingerprint density at radius 3 is 1.43 bits per heavy atom. The zero-order valence-corrected chi connectivity index (χ0v) is 43.3. The number of quaternary nitrogens is 1. The van der Waals surface area contributed by atoms with E-state index in [2.05, 4.69) is 164 Å². The highest BCUT2D eigenvalue weighted by atomic mass is 32.2. The Balaban J connectivity index is 0.000000149. The van der Waals surface area contributed by atoms with Gasteiger partial charge < -0.3 is 34.8 Å². The number of hydrogen-bond donors (Lipinski definition) is 1. The Morgan fingerprint density at radius 2 is 0.925 bits per heavy atom. The van der Waals surface area contributed by atoms with Crippen molar-refractivity contribution in [3.05, 3.63) is 166 Å². The SMILES string of the molecule is Cc1ccc(S(=O)c2ccccc2N2CCN(C)CC2)c(C)c1.Cc1ccc(Sc2ccccc2N2CCNCC2)c(C)c1.Cc1ccc(Sc2ccccc2N2CC[N+](C)([O-])CC2)c(C)c1. The second-order valence-corrected chi connectivity index (χ2v) is 22.0. The summed E-state index contributed by atoms with van der Waals surface area (Å²) in [6.07, 6.45) is 0. The van der Waals surface area contributed by atoms with Crippen LogP contribution in [0.2, 0.25) is 0 Å². The summed E-state index contributed by atoms with van der Waals surface area (Å²) in [5.74, 6) is 0. The van der Waals surface area contributed by atoms with E-state index in [1.165, 1.54) is 58.8 Å². The second-order valence-electron chi connectivity index (χ2n) is 18.4. The van der Waals surface area contributed by atoms with E-state index in [9.17, 15) is 9.42 Å². The molecule has 0 amide bonds. The number of benzene rings is 6. The predicted octanol–water partition coefficient (Wildman–Crippen LogP) is 11.3. The minimum Gasteiger partial charge on any atom is -0.633 e. The lowest BCUT2D eigenvalue weighted by Crippen LogP contribution is -2.53. The molecule has 1 N–H and O–H groups in total. The average molecular weight is 955 g/mol. The van der Waals surface area contributed by atoms with E-state index >= 15 is 0 Å². The van der Waals surface area contributed by atoms with Crippen LogP contribution in [0.3, 0.4) is 0 Å². The highest BCUT2D eigenvalue weighted by Crippen LogP contribution is 2.39. The smallest absolute Gasteiger partial charge is 0.0960 e. The van der Waals surface area contributed by atoms with Gasteiger partial charge in [0.15, 0.2) is 0 Å². The molecule has 9 rings (SSSR count). The van der Waals surface area contributed by atoms with Crippen molar-refractivity contribution in [3.8, 4) is 0 Å². The number of likely N-dealkylation sites (N-methyl/N-ethyl adjacent to an activating group) is 2. The fourth-order valence-electron chi connectivity index (χ4n) is 8.76. The third-order valence-electron chi connectivity index (χ3n) is 12.8. The number of aryl methyl sites for hydroxylation is 6. The molecule has 67 heavy (non-hydrogen) atoms. The van der Waals surface area contributed by atoms with E-state index in [1.54, 1.807) is 7.05 Å². The van der Waals surface area contributed by atoms with E-state index in [0.29, 0.717) is 13.1 Å². The summed E-state index contributed by atoms with van der Waals surface area (Å²) in [6.45, 7) is 24.1. The molecule has 3 heterocycles. The van der Waals surface area contributed by atoms with Crippen LogP contribution in [0.15, 0.2) is 157 Å². The van der Waals surface area contributed by atoms with Crippen LogP contribution in [0.25, 0.3) is 0 Å². The fraction of sp³-hybridized carbons (Fsp3) is 0.357. The van der Waals surface area contributed by atoms with Crippen molar-refractivity contribution in [3.63, 3.8) is 0 Å². The summed E-state index contributed by atoms with van der Waals surface area (Å²) in [7, 11) is 2.78. The molecule has 6 aromatic carbocycles. The molecule has 354 valence electrons. The van der Waals surface area contributed by atoms with Gasteiger partial charge in [-0.25, -0.2) is 4.21 Å². The van der Waals surface area contributed by atoms with E-state index in [-0.39, 0.29) is 4.65 Å². The van der Waals surface area contributed by atoms with Crippen LogP contribution in [0.5, 0.6) is 0 Å². The van der Waals surface area contributed by atoms with Gasteiger partial charge in [-0.3, -0.25) is 0 Å². The Labute approximate surface area is 412 Å². The van der Waals surface area contributed by atoms with Gasteiger partial charge in [0.25, 0.3) is 0 Å². The topological polar surface area (TPSA) is 65.1 Å². The highest BCUT2D eigenvalue weighted by Gasteiger charge is 2.24. The molecule has 1 atom stereocenters. The number of piperazine rings is 3. The Hall–Kier alpha value is -4.59. The molecule has 3 fully saturated rings. The molecule has 8 nitrogen and oxygen atoms in total. The van der Waals surface area contributed by atoms with Crippen LogP contribution < -0.4 is 20.0 Å². The van der Waals surface area contributed by atoms with Crippen LogP contribution in [0, 0.1) is 46.7 Å². The highest BCUT2D eigenvalue weighted by molar-refractivity contribution is 7.99. The number of hydroxylamine groups is 3. The van der Waals surface area contributed by atoms with Crippen molar-refractivity contribution >= 4 is 51.4 Å². The first-order valence-corrected chi connectivity index (χ1v) is 26.5. The van der Waals surface area contributed by atoms with Crippen LogP contribution >= 0.6 is 23.5 Å². The predicted molar refractivity (Wildman–Crippen MR) is 286 cm³/mol. The maximum absolute atomic E-state index is 13.2. The normalized spacial score (nSPS) is 16.6. The molecule has 0 radical (unpaired) electrons. The first kappa shape index (κ1) is 50.3. The quantitative estimate of drug-likeness (QED) is 0.113. The fourth-order valence-corrected chi connectivity index (χ4v) is 12.2. The van der Waals surface area contributed by atoms with Gasteiger partial charge in [0, 0.05) is 76.8 Å². The summed E-state index contributed by atoms with van der Waals surface area (Å²) in [6, 6.07) is 44.9. The third-order valence-corrected chi connectivity index (χ3v) is 16.8. The molecule has 3 aliphatic rings. The number of hydrogen-bond acceptors (Lipinski definition) is 9. The van der Waals surface area contributed by atoms with Crippen LogP contribution in [-0.2, 0) is 10.8 Å². The van der Waals surface area contributed by atoms with E-state index in [1.807, 2.05) is 60.8 Å². The van der Waals surface area contributed by atoms with Gasteiger partial charge in [0.2, 0.25) is 0 Å². The van der Waals surface area contributed by atoms with Crippen LogP contribution in [-0.4, -0.2) is 106 Å². The van der Waals surface area contributed by atoms with Gasteiger partial charge in [-0.05, 0) is 120 Å². The molecule has 0 aliphatic carbocycles. The first-order chi connectivity index (χ1) is 32.2. The molecular weight excluding hydrogens is 885 g/mol. The summed E-state index contributed by atoms with van der Waals surface area (Å²) >= 11 is 3.70. The van der Waals surface area contributed by atoms with E-state index < -0.39 is 10.8 Å². The second kappa shape index (κ2) is 23.6. The first-order valence-electron chi connectivity index (χ1n) is 23.7. The molecule has 0 saturated carbocycles. The Kier molecular flexibility index (Phi) is 17.7. The number of para-hydroxylation sites is 3. The summed E-state index contributed by atoms with van der Waals surface area (Å²) in [4.78, 5) is 16.6. The van der Waals surface area contributed by atoms with Gasteiger partial charge >= 0.3 is 0 Å². The van der Waals surface area contributed by atoms with Crippen molar-refractivity contribution in [2.24, 2.45) is 0 Å². The van der Waals surface area contributed by atoms with Crippen molar-refractivity contribution < 1.29 is 8.86 Å². The summed E-state index contributed by atoms with van der Waals surface area (Å²) < 4.78 is 13.1. The molecule has 6 aromatic rings. The Morgan fingerprint density at radius 1 is 0.493 bits per heavy atom. The molecule has 3 aliphatic heterocycles. The van der Waals surface area contributed by atoms with E-state index in [0.717, 1.165) is 86.5 Å². The lowest BCUT2D eigenvalue weighted by Gasteiger charge is -2.46. The minimum absolute atomic E-state index is 0.122. The van der Waals surface area contributed by atoms with Gasteiger partial charge in [-0.15, -0.1) is 0 Å². The zero-order valence-electron chi connectivity index (χ0n) is 40.9. The van der Waals surface area contributed by atoms with Crippen molar-refractivity contribution in [2.75, 3.05) is 107 Å². The van der Waals surface area contributed by atoms with Crippen LogP contribution in [0.4, 0.5) is 17.1 Å². The largest absolute Gasteiger partial charge is 0.633 e. The number of nitrogens with zero attached hydrogens (tertiary/aromatic N) is 5. The third kappa shape index (κ3) is 13.8. The number of anilines is 3. The zero-order chi connectivity index (χ0) is 47.5. The summed E-state index contributed by atoms with van der Waals surface area (Å²) in [5, 5.41) is 15.5. The molecule has 0 spiro atoms. The lowest BCUT2D eigenvalue weighted by atomic mass is 10.2. The molecule has 0 aromatic heterocycles. The van der Waals surface area contributed by atoms with Crippen molar-refractivity contribution in [1.29, 1.82) is 0 Å². The number of rotatable bonds is 9. The molecule has 3 saturated heterocycles. The monoisotopic (exact) mass is 954 g/mol. The van der Waals surface area contributed by atoms with Gasteiger partial charge in [0.1, 0.15) is 0 Å². The lowest BCUT2D eigenvalue weighted by molar-refractivity contribution is -0.861. The molecule has 0 bridgehead atoms. The standard InChI is InChI=1S/2C19H24N2OS.C18H22N2S/c1-15-8-9-18(16(2)14-15)23-19-7-5-4-6-17(19)20-10-12-21(3,22)13-11-20;1-15-8-9-18(16(2)14-15)23(22)19-7-5-4-6-17(19)21-12-10-20(3)11-13-21;1-14-7-8-17(15(2)13-14)21-18-6-4-3-5-16(18)20-11-9-19-10-12-20/h2*4-9,14H,10-13H2,1-3H3;3-8,13,19H,9-12H2,1-2H3. The van der Waals surface area contributed by atoms with Gasteiger partial charge in [-0.1, -0.05) is 113 Å².